The number of rotatable bonds is 8. The largest absolute Gasteiger partial charge is 0.493 e. The molecule has 3 aromatic rings. The Morgan fingerprint density at radius 2 is 1.70 bits per heavy atom. The molecule has 0 spiro atoms. The van der Waals surface area contributed by atoms with E-state index in [-0.39, 0.29) is 0 Å². The highest BCUT2D eigenvalue weighted by Crippen LogP contribution is 2.35. The van der Waals surface area contributed by atoms with Gasteiger partial charge in [-0.3, -0.25) is 4.79 Å². The second-order valence-corrected chi connectivity index (χ2v) is 7.72. The number of hydrogen-bond acceptors (Lipinski definition) is 6. The fraction of sp³-hybridized carbons (Fsp3) is 0.375. The number of hydrogen-bond donors (Lipinski definition) is 0. The number of fused-ring (bicyclic) bond motifs is 1. The van der Waals surface area contributed by atoms with Crippen molar-refractivity contribution >= 4 is 16.7 Å². The van der Waals surface area contributed by atoms with Gasteiger partial charge in [0.2, 0.25) is 5.88 Å². The second kappa shape index (κ2) is 9.11. The Morgan fingerprint density at radius 3 is 2.40 bits per heavy atom. The van der Waals surface area contributed by atoms with Gasteiger partial charge < -0.3 is 14.2 Å². The van der Waals surface area contributed by atoms with Crippen LogP contribution in [0.5, 0.6) is 23.1 Å². The standard InChI is InChI=1S/C24H26N2O4/c1-28-22-13-20-21(14-23(22)29-2)25-15-26-24(20)30-19-9-7-17(8-10-19)12-18(27)11-16-5-3-4-6-16/h7-10,13-16H,3-6,11-12H2,1-2H3. The van der Waals surface area contributed by atoms with Gasteiger partial charge in [-0.2, -0.15) is 0 Å². The Kier molecular flexibility index (Phi) is 6.12. The van der Waals surface area contributed by atoms with Crippen molar-refractivity contribution in [3.8, 4) is 23.1 Å². The summed E-state index contributed by atoms with van der Waals surface area (Å²) in [5.74, 6) is 3.17. The van der Waals surface area contributed by atoms with Crippen molar-refractivity contribution in [2.24, 2.45) is 5.92 Å². The third-order valence-corrected chi connectivity index (χ3v) is 5.63. The van der Waals surface area contributed by atoms with Crippen molar-refractivity contribution in [2.45, 2.75) is 38.5 Å². The van der Waals surface area contributed by atoms with E-state index >= 15 is 0 Å². The number of Topliss-reactive ketones (excluding diaryl/α,β-unsaturated/α-hetero) is 1. The molecular weight excluding hydrogens is 380 g/mol. The molecule has 1 aliphatic rings. The zero-order valence-electron chi connectivity index (χ0n) is 17.4. The third kappa shape index (κ3) is 4.53. The van der Waals surface area contributed by atoms with Crippen LogP contribution in [-0.4, -0.2) is 30.0 Å². The highest BCUT2D eigenvalue weighted by atomic mass is 16.5. The number of methoxy groups -OCH3 is 2. The van der Waals surface area contributed by atoms with Crippen LogP contribution in [0, 0.1) is 5.92 Å². The predicted octanol–water partition coefficient (Wildman–Crippen LogP) is 5.13. The highest BCUT2D eigenvalue weighted by molar-refractivity contribution is 5.87. The minimum absolute atomic E-state index is 0.318. The molecule has 1 aromatic heterocycles. The van der Waals surface area contributed by atoms with Crippen LogP contribution in [0.15, 0.2) is 42.7 Å². The summed E-state index contributed by atoms with van der Waals surface area (Å²) in [6.07, 6.45) is 7.56. The first-order chi connectivity index (χ1) is 14.7. The minimum atomic E-state index is 0.318. The fourth-order valence-electron chi connectivity index (χ4n) is 4.06. The van der Waals surface area contributed by atoms with Crippen LogP contribution in [0.4, 0.5) is 0 Å². The van der Waals surface area contributed by atoms with E-state index in [2.05, 4.69) is 9.97 Å². The Morgan fingerprint density at radius 1 is 1.00 bits per heavy atom. The fourth-order valence-corrected chi connectivity index (χ4v) is 4.06. The van der Waals surface area contributed by atoms with Crippen LogP contribution in [0.1, 0.15) is 37.7 Å². The van der Waals surface area contributed by atoms with E-state index in [1.165, 1.54) is 32.0 Å². The Hall–Kier alpha value is -3.15. The molecule has 6 heteroatoms. The third-order valence-electron chi connectivity index (χ3n) is 5.63. The molecule has 6 nitrogen and oxygen atoms in total. The number of ketones is 1. The summed E-state index contributed by atoms with van der Waals surface area (Å²) in [7, 11) is 3.17. The van der Waals surface area contributed by atoms with Gasteiger partial charge in [0.25, 0.3) is 0 Å². The van der Waals surface area contributed by atoms with E-state index in [0.29, 0.717) is 53.2 Å². The smallest absolute Gasteiger partial charge is 0.230 e. The first-order valence-corrected chi connectivity index (χ1v) is 10.3. The normalized spacial score (nSPS) is 14.1. The number of ether oxygens (including phenoxy) is 3. The number of aromatic nitrogens is 2. The van der Waals surface area contributed by atoms with Crippen molar-refractivity contribution in [1.82, 2.24) is 9.97 Å². The van der Waals surface area contributed by atoms with Crippen molar-refractivity contribution in [1.29, 1.82) is 0 Å². The van der Waals surface area contributed by atoms with E-state index in [0.717, 1.165) is 10.9 Å². The summed E-state index contributed by atoms with van der Waals surface area (Å²) in [5.41, 5.74) is 1.70. The lowest BCUT2D eigenvalue weighted by Crippen LogP contribution is -2.08. The average Bonchev–Trinajstić information content (AvgIpc) is 3.27. The first-order valence-electron chi connectivity index (χ1n) is 10.3. The molecule has 30 heavy (non-hydrogen) atoms. The van der Waals surface area contributed by atoms with Gasteiger partial charge in [0.05, 0.1) is 25.1 Å². The van der Waals surface area contributed by atoms with Gasteiger partial charge in [0.15, 0.2) is 11.5 Å². The molecule has 1 fully saturated rings. The van der Waals surface area contributed by atoms with Gasteiger partial charge in [0.1, 0.15) is 17.9 Å². The van der Waals surface area contributed by atoms with E-state index < -0.39 is 0 Å². The predicted molar refractivity (Wildman–Crippen MR) is 114 cm³/mol. The summed E-state index contributed by atoms with van der Waals surface area (Å²) in [6.45, 7) is 0. The van der Waals surface area contributed by atoms with Gasteiger partial charge in [-0.05, 0) is 29.7 Å². The SMILES string of the molecule is COc1cc2ncnc(Oc3ccc(CC(=O)CC4CCCC4)cc3)c2cc1OC. The monoisotopic (exact) mass is 406 g/mol. The van der Waals surface area contributed by atoms with Crippen LogP contribution in [0.2, 0.25) is 0 Å². The van der Waals surface area contributed by atoms with Crippen LogP contribution in [0.3, 0.4) is 0 Å². The molecule has 1 heterocycles. The van der Waals surface area contributed by atoms with Crippen LogP contribution in [0.25, 0.3) is 10.9 Å². The van der Waals surface area contributed by atoms with Crippen molar-refractivity contribution < 1.29 is 19.0 Å². The van der Waals surface area contributed by atoms with Crippen molar-refractivity contribution in [3.63, 3.8) is 0 Å². The van der Waals surface area contributed by atoms with E-state index in [9.17, 15) is 4.79 Å². The molecule has 1 aliphatic carbocycles. The van der Waals surface area contributed by atoms with Crippen LogP contribution < -0.4 is 14.2 Å². The van der Waals surface area contributed by atoms with Gasteiger partial charge >= 0.3 is 0 Å². The Balaban J connectivity index is 1.47. The summed E-state index contributed by atoms with van der Waals surface area (Å²) in [4.78, 5) is 20.9. The Labute approximate surface area is 176 Å². The molecule has 0 amide bonds. The molecule has 0 atom stereocenters. The van der Waals surface area contributed by atoms with Gasteiger partial charge in [0, 0.05) is 18.9 Å². The topological polar surface area (TPSA) is 70.5 Å². The summed E-state index contributed by atoms with van der Waals surface area (Å²) in [6, 6.07) is 11.2. The Bertz CT molecular complexity index is 1030. The number of carbonyl (C=O) groups excluding carboxylic acids is 1. The molecule has 0 unspecified atom stereocenters. The quantitative estimate of drug-likeness (QED) is 0.516. The summed E-state index contributed by atoms with van der Waals surface area (Å²) >= 11 is 0. The maximum atomic E-state index is 12.3. The first kappa shape index (κ1) is 20.1. The zero-order valence-corrected chi connectivity index (χ0v) is 17.4. The molecule has 1 saturated carbocycles. The molecule has 0 N–H and O–H groups in total. The zero-order chi connectivity index (χ0) is 20.9. The highest BCUT2D eigenvalue weighted by Gasteiger charge is 2.18. The van der Waals surface area contributed by atoms with Crippen LogP contribution in [-0.2, 0) is 11.2 Å². The lowest BCUT2D eigenvalue weighted by Gasteiger charge is -2.12. The molecule has 0 bridgehead atoms. The van der Waals surface area contributed by atoms with E-state index in [4.69, 9.17) is 14.2 Å². The lowest BCUT2D eigenvalue weighted by atomic mass is 9.97. The molecule has 2 aromatic carbocycles. The van der Waals surface area contributed by atoms with Gasteiger partial charge in [-0.25, -0.2) is 9.97 Å². The molecule has 0 aliphatic heterocycles. The van der Waals surface area contributed by atoms with Gasteiger partial charge in [-0.1, -0.05) is 37.8 Å². The maximum absolute atomic E-state index is 12.3. The minimum Gasteiger partial charge on any atom is -0.493 e. The average molecular weight is 406 g/mol. The van der Waals surface area contributed by atoms with E-state index in [1.54, 1.807) is 26.4 Å². The van der Waals surface area contributed by atoms with Crippen molar-refractivity contribution in [3.05, 3.63) is 48.3 Å². The molecule has 0 radical (unpaired) electrons. The van der Waals surface area contributed by atoms with Gasteiger partial charge in [-0.15, -0.1) is 0 Å². The lowest BCUT2D eigenvalue weighted by molar-refractivity contribution is -0.119. The molecular formula is C24H26N2O4. The molecule has 4 rings (SSSR count). The number of benzene rings is 2. The number of carbonyl (C=O) groups is 1. The summed E-state index contributed by atoms with van der Waals surface area (Å²) < 4.78 is 16.7. The maximum Gasteiger partial charge on any atom is 0.230 e. The molecule has 0 saturated heterocycles. The number of nitrogens with zero attached hydrogens (tertiary/aromatic N) is 2. The summed E-state index contributed by atoms with van der Waals surface area (Å²) in [5, 5.41) is 0.728. The van der Waals surface area contributed by atoms with Crippen molar-refractivity contribution in [2.75, 3.05) is 14.2 Å². The second-order valence-electron chi connectivity index (χ2n) is 7.72. The van der Waals surface area contributed by atoms with E-state index in [1.807, 2.05) is 24.3 Å². The van der Waals surface area contributed by atoms with Crippen LogP contribution >= 0.6 is 0 Å². The molecule has 156 valence electrons.